The quantitative estimate of drug-likeness (QED) is 0.872. The number of alkyl halides is 3. The van der Waals surface area contributed by atoms with Gasteiger partial charge in [0.25, 0.3) is 0 Å². The van der Waals surface area contributed by atoms with Gasteiger partial charge in [0.2, 0.25) is 0 Å². The molecule has 0 spiro atoms. The van der Waals surface area contributed by atoms with Gasteiger partial charge in [0.15, 0.2) is 0 Å². The van der Waals surface area contributed by atoms with Crippen molar-refractivity contribution in [1.82, 2.24) is 5.32 Å². The molecule has 1 amide bonds. The number of amides is 1. The van der Waals surface area contributed by atoms with E-state index in [0.717, 1.165) is 12.1 Å². The highest BCUT2D eigenvalue weighted by Crippen LogP contribution is 2.30. The molecule has 1 rings (SSSR count). The second-order valence-electron chi connectivity index (χ2n) is 6.64. The number of ether oxygens (including phenoxy) is 1. The lowest BCUT2D eigenvalue weighted by Crippen LogP contribution is -2.54. The Balaban J connectivity index is 3.01. The third-order valence-electron chi connectivity index (χ3n) is 3.06. The highest BCUT2D eigenvalue weighted by atomic mass is 19.4. The van der Waals surface area contributed by atoms with Crippen LogP contribution >= 0.6 is 0 Å². The molecule has 5 nitrogen and oxygen atoms in total. The number of rotatable bonds is 4. The Hall–Kier alpha value is -2.25. The summed E-state index contributed by atoms with van der Waals surface area (Å²) in [6.45, 7) is 6.03. The average Bonchev–Trinajstić information content (AvgIpc) is 2.34. The fraction of sp³-hybridized carbons (Fsp3) is 0.500. The molecule has 0 saturated carbocycles. The van der Waals surface area contributed by atoms with Crippen LogP contribution in [0.1, 0.15) is 38.8 Å². The first-order valence-corrected chi connectivity index (χ1v) is 7.14. The lowest BCUT2D eigenvalue weighted by atomic mass is 9.92. The third kappa shape index (κ3) is 5.75. The van der Waals surface area contributed by atoms with Gasteiger partial charge >= 0.3 is 18.2 Å². The maximum Gasteiger partial charge on any atom is 0.416 e. The summed E-state index contributed by atoms with van der Waals surface area (Å²) in [5.74, 6) is -1.38. The molecule has 0 saturated heterocycles. The highest BCUT2D eigenvalue weighted by molar-refractivity contribution is 5.84. The van der Waals surface area contributed by atoms with E-state index < -0.39 is 34.9 Å². The summed E-state index contributed by atoms with van der Waals surface area (Å²) in [7, 11) is 0. The van der Waals surface area contributed by atoms with Crippen LogP contribution in [-0.2, 0) is 22.1 Å². The molecule has 0 fully saturated rings. The van der Waals surface area contributed by atoms with E-state index in [1.54, 1.807) is 20.8 Å². The standard InChI is InChI=1S/C16H20F3NO4/c1-14(2,3)24-13(23)20-15(4,12(21)22)9-10-6-5-7-11(8-10)16(17,18)19/h5-8H,9H2,1-4H3,(H,20,23)(H,21,22). The van der Waals surface area contributed by atoms with Gasteiger partial charge in [0.1, 0.15) is 11.1 Å². The molecule has 1 aromatic rings. The maximum atomic E-state index is 12.7. The SMILES string of the molecule is CC(C)(C)OC(=O)NC(C)(Cc1cccc(C(F)(F)F)c1)C(=O)O. The van der Waals surface area contributed by atoms with Crippen LogP contribution in [0.25, 0.3) is 0 Å². The number of benzene rings is 1. The minimum Gasteiger partial charge on any atom is -0.480 e. The molecule has 2 N–H and O–H groups in total. The summed E-state index contributed by atoms with van der Waals surface area (Å²) in [4.78, 5) is 23.3. The van der Waals surface area contributed by atoms with Gasteiger partial charge < -0.3 is 15.2 Å². The monoisotopic (exact) mass is 347 g/mol. The Morgan fingerprint density at radius 1 is 1.17 bits per heavy atom. The topological polar surface area (TPSA) is 75.6 Å². The zero-order valence-corrected chi connectivity index (χ0v) is 13.8. The van der Waals surface area contributed by atoms with Crippen molar-refractivity contribution in [2.45, 2.75) is 51.4 Å². The van der Waals surface area contributed by atoms with Crippen molar-refractivity contribution >= 4 is 12.1 Å². The average molecular weight is 347 g/mol. The van der Waals surface area contributed by atoms with E-state index in [9.17, 15) is 27.9 Å². The molecule has 1 aromatic carbocycles. The molecule has 0 aromatic heterocycles. The largest absolute Gasteiger partial charge is 0.480 e. The number of carboxylic acid groups (broad SMARTS) is 1. The number of hydrogen-bond acceptors (Lipinski definition) is 3. The van der Waals surface area contributed by atoms with Crippen LogP contribution in [-0.4, -0.2) is 28.3 Å². The lowest BCUT2D eigenvalue weighted by molar-refractivity contribution is -0.144. The first kappa shape index (κ1) is 19.8. The molecule has 0 heterocycles. The van der Waals surface area contributed by atoms with E-state index in [1.165, 1.54) is 19.1 Å². The van der Waals surface area contributed by atoms with Crippen LogP contribution < -0.4 is 5.32 Å². The number of carboxylic acids is 1. The number of nitrogens with one attached hydrogen (secondary N) is 1. The molecule has 0 aliphatic heterocycles. The van der Waals surface area contributed by atoms with Gasteiger partial charge in [-0.25, -0.2) is 9.59 Å². The Bertz CT molecular complexity index is 622. The van der Waals surface area contributed by atoms with Crippen LogP contribution in [0.5, 0.6) is 0 Å². The van der Waals surface area contributed by atoms with Crippen molar-refractivity contribution in [2.24, 2.45) is 0 Å². The highest BCUT2D eigenvalue weighted by Gasteiger charge is 2.37. The molecule has 1 atom stereocenters. The van der Waals surface area contributed by atoms with Crippen molar-refractivity contribution in [3.8, 4) is 0 Å². The molecule has 0 bridgehead atoms. The molecule has 24 heavy (non-hydrogen) atoms. The zero-order valence-electron chi connectivity index (χ0n) is 13.8. The predicted octanol–water partition coefficient (Wildman–Crippen LogP) is 3.62. The van der Waals surface area contributed by atoms with Crippen molar-refractivity contribution in [3.63, 3.8) is 0 Å². The Morgan fingerprint density at radius 2 is 1.75 bits per heavy atom. The Labute approximate surface area is 137 Å². The molecule has 8 heteroatoms. The van der Waals surface area contributed by atoms with Gasteiger partial charge in [-0.15, -0.1) is 0 Å². The van der Waals surface area contributed by atoms with Crippen molar-refractivity contribution in [1.29, 1.82) is 0 Å². The number of hydrogen-bond donors (Lipinski definition) is 2. The number of alkyl carbamates (subject to hydrolysis) is 1. The van der Waals surface area contributed by atoms with E-state index in [2.05, 4.69) is 5.32 Å². The summed E-state index contributed by atoms with van der Waals surface area (Å²) in [6.07, 6.45) is -5.82. The third-order valence-corrected chi connectivity index (χ3v) is 3.06. The summed E-state index contributed by atoms with van der Waals surface area (Å²) in [5.41, 5.74) is -3.40. The van der Waals surface area contributed by atoms with Gasteiger partial charge in [0, 0.05) is 6.42 Å². The molecule has 0 aliphatic rings. The fourth-order valence-corrected chi connectivity index (χ4v) is 1.97. The van der Waals surface area contributed by atoms with Gasteiger partial charge in [-0.05, 0) is 39.3 Å². The Morgan fingerprint density at radius 3 is 2.21 bits per heavy atom. The van der Waals surface area contributed by atoms with E-state index >= 15 is 0 Å². The van der Waals surface area contributed by atoms with Gasteiger partial charge in [0.05, 0.1) is 5.56 Å². The van der Waals surface area contributed by atoms with Crippen molar-refractivity contribution in [2.75, 3.05) is 0 Å². The smallest absolute Gasteiger partial charge is 0.416 e. The van der Waals surface area contributed by atoms with Crippen LogP contribution in [0.2, 0.25) is 0 Å². The maximum absolute atomic E-state index is 12.7. The zero-order chi connectivity index (χ0) is 18.8. The Kier molecular flexibility index (Phi) is 5.53. The molecule has 1 unspecified atom stereocenters. The second kappa shape index (κ2) is 6.70. The van der Waals surface area contributed by atoms with Crippen LogP contribution in [0.15, 0.2) is 24.3 Å². The minimum absolute atomic E-state index is 0.130. The predicted molar refractivity (Wildman–Crippen MR) is 80.6 cm³/mol. The van der Waals surface area contributed by atoms with Crippen LogP contribution in [0.3, 0.4) is 0 Å². The first-order chi connectivity index (χ1) is 10.7. The van der Waals surface area contributed by atoms with Crippen molar-refractivity contribution in [3.05, 3.63) is 35.4 Å². The van der Waals surface area contributed by atoms with E-state index in [0.29, 0.717) is 0 Å². The lowest BCUT2D eigenvalue weighted by Gasteiger charge is -2.28. The molecule has 0 aliphatic carbocycles. The number of carbonyl (C=O) groups is 2. The van der Waals surface area contributed by atoms with E-state index in [4.69, 9.17) is 4.74 Å². The fourth-order valence-electron chi connectivity index (χ4n) is 1.97. The molecule has 134 valence electrons. The van der Waals surface area contributed by atoms with Crippen molar-refractivity contribution < 1.29 is 32.6 Å². The number of halogens is 3. The number of carbonyl (C=O) groups excluding carboxylic acids is 1. The summed E-state index contributed by atoms with van der Waals surface area (Å²) in [6, 6.07) is 4.31. The van der Waals surface area contributed by atoms with E-state index in [1.807, 2.05) is 0 Å². The minimum atomic E-state index is -4.53. The van der Waals surface area contributed by atoms with Gasteiger partial charge in [-0.1, -0.05) is 18.2 Å². The molecular weight excluding hydrogens is 327 g/mol. The van der Waals surface area contributed by atoms with Gasteiger partial charge in [-0.3, -0.25) is 0 Å². The van der Waals surface area contributed by atoms with E-state index in [-0.39, 0.29) is 12.0 Å². The number of aliphatic carboxylic acids is 1. The summed E-state index contributed by atoms with van der Waals surface area (Å²) < 4.78 is 43.3. The molecule has 0 radical (unpaired) electrons. The second-order valence-corrected chi connectivity index (χ2v) is 6.64. The van der Waals surface area contributed by atoms with Gasteiger partial charge in [-0.2, -0.15) is 13.2 Å². The summed E-state index contributed by atoms with van der Waals surface area (Å²) in [5, 5.41) is 11.6. The normalized spacial score (nSPS) is 14.6. The summed E-state index contributed by atoms with van der Waals surface area (Å²) >= 11 is 0. The van der Waals surface area contributed by atoms with Crippen LogP contribution in [0.4, 0.5) is 18.0 Å². The van der Waals surface area contributed by atoms with Crippen LogP contribution in [0, 0.1) is 0 Å². The molecular formula is C16H20F3NO4. The first-order valence-electron chi connectivity index (χ1n) is 7.14.